The Morgan fingerprint density at radius 1 is 1.04 bits per heavy atom. The lowest BCUT2D eigenvalue weighted by atomic mass is 10.2. The van der Waals surface area contributed by atoms with Crippen LogP contribution in [-0.2, 0) is 11.3 Å². The summed E-state index contributed by atoms with van der Waals surface area (Å²) in [4.78, 5) is 13.1. The number of amides is 1. The molecule has 0 aliphatic rings. The van der Waals surface area contributed by atoms with Gasteiger partial charge in [0.2, 0.25) is 5.91 Å². The highest BCUT2D eigenvalue weighted by atomic mass is 32.2. The van der Waals surface area contributed by atoms with E-state index in [1.54, 1.807) is 26.0 Å². The second kappa shape index (κ2) is 9.10. The van der Waals surface area contributed by atoms with Gasteiger partial charge in [0.25, 0.3) is 0 Å². The van der Waals surface area contributed by atoms with E-state index in [1.807, 2.05) is 48.5 Å². The first-order valence-electron chi connectivity index (χ1n) is 7.39. The van der Waals surface area contributed by atoms with Crippen LogP contribution in [0.25, 0.3) is 0 Å². The van der Waals surface area contributed by atoms with E-state index in [0.717, 1.165) is 11.3 Å². The quantitative estimate of drug-likeness (QED) is 0.752. The zero-order valence-electron chi connectivity index (χ0n) is 13.4. The molecule has 2 aromatic rings. The summed E-state index contributed by atoms with van der Waals surface area (Å²) >= 11 is 1.68. The predicted octanol–water partition coefficient (Wildman–Crippen LogP) is 3.50. The normalized spacial score (nSPS) is 10.2. The molecule has 122 valence electrons. The zero-order chi connectivity index (χ0) is 16.5. The number of hydrogen-bond donors (Lipinski definition) is 1. The SMILES string of the molecule is COc1cccc(CNC(=O)CCSc2ccccc2)c1OC. The molecule has 1 N–H and O–H groups in total. The van der Waals surface area contributed by atoms with Crippen LogP contribution >= 0.6 is 11.8 Å². The van der Waals surface area contributed by atoms with E-state index in [-0.39, 0.29) is 5.91 Å². The van der Waals surface area contributed by atoms with E-state index in [4.69, 9.17) is 9.47 Å². The molecule has 0 bridgehead atoms. The Bertz CT molecular complexity index is 631. The van der Waals surface area contributed by atoms with Gasteiger partial charge in [-0.15, -0.1) is 11.8 Å². The van der Waals surface area contributed by atoms with Crippen molar-refractivity contribution in [3.63, 3.8) is 0 Å². The van der Waals surface area contributed by atoms with Gasteiger partial charge >= 0.3 is 0 Å². The number of para-hydroxylation sites is 1. The molecule has 0 aliphatic carbocycles. The van der Waals surface area contributed by atoms with Crippen molar-refractivity contribution in [3.05, 3.63) is 54.1 Å². The molecule has 23 heavy (non-hydrogen) atoms. The number of nitrogens with one attached hydrogen (secondary N) is 1. The van der Waals surface area contributed by atoms with Gasteiger partial charge in [0.15, 0.2) is 11.5 Å². The molecule has 0 fully saturated rings. The van der Waals surface area contributed by atoms with E-state index in [0.29, 0.717) is 24.5 Å². The fourth-order valence-electron chi connectivity index (χ4n) is 2.15. The third kappa shape index (κ3) is 5.21. The molecule has 0 aliphatic heterocycles. The highest BCUT2D eigenvalue weighted by molar-refractivity contribution is 7.99. The van der Waals surface area contributed by atoms with Crippen molar-refractivity contribution >= 4 is 17.7 Å². The summed E-state index contributed by atoms with van der Waals surface area (Å²) in [5.74, 6) is 2.11. The Labute approximate surface area is 141 Å². The van der Waals surface area contributed by atoms with Crippen molar-refractivity contribution in [2.24, 2.45) is 0 Å². The Hall–Kier alpha value is -2.14. The fraction of sp³-hybridized carbons (Fsp3) is 0.278. The van der Waals surface area contributed by atoms with Gasteiger partial charge in [-0.3, -0.25) is 4.79 Å². The van der Waals surface area contributed by atoms with Crippen molar-refractivity contribution < 1.29 is 14.3 Å². The predicted molar refractivity (Wildman–Crippen MR) is 93.2 cm³/mol. The van der Waals surface area contributed by atoms with Crippen LogP contribution in [0, 0.1) is 0 Å². The molecule has 0 heterocycles. The van der Waals surface area contributed by atoms with Crippen LogP contribution in [0.1, 0.15) is 12.0 Å². The van der Waals surface area contributed by atoms with Crippen LogP contribution in [0.5, 0.6) is 11.5 Å². The summed E-state index contributed by atoms with van der Waals surface area (Å²) in [5.41, 5.74) is 0.899. The lowest BCUT2D eigenvalue weighted by Gasteiger charge is -2.13. The number of hydrogen-bond acceptors (Lipinski definition) is 4. The van der Waals surface area contributed by atoms with Crippen molar-refractivity contribution in [1.82, 2.24) is 5.32 Å². The van der Waals surface area contributed by atoms with Gasteiger partial charge < -0.3 is 14.8 Å². The number of methoxy groups -OCH3 is 2. The zero-order valence-corrected chi connectivity index (χ0v) is 14.2. The average Bonchev–Trinajstić information content (AvgIpc) is 2.60. The molecular weight excluding hydrogens is 310 g/mol. The molecule has 0 saturated heterocycles. The lowest BCUT2D eigenvalue weighted by molar-refractivity contribution is -0.120. The van der Waals surface area contributed by atoms with E-state index >= 15 is 0 Å². The molecule has 0 radical (unpaired) electrons. The smallest absolute Gasteiger partial charge is 0.221 e. The first kappa shape index (κ1) is 17.2. The number of rotatable bonds is 8. The minimum atomic E-state index is 0.0262. The van der Waals surface area contributed by atoms with Crippen LogP contribution < -0.4 is 14.8 Å². The summed E-state index contributed by atoms with van der Waals surface area (Å²) in [6.45, 7) is 0.426. The molecule has 0 unspecified atom stereocenters. The van der Waals surface area contributed by atoms with Gasteiger partial charge in [-0.2, -0.15) is 0 Å². The van der Waals surface area contributed by atoms with Crippen molar-refractivity contribution in [2.45, 2.75) is 17.9 Å². The van der Waals surface area contributed by atoms with E-state index < -0.39 is 0 Å². The first-order valence-corrected chi connectivity index (χ1v) is 8.37. The average molecular weight is 331 g/mol. The van der Waals surface area contributed by atoms with Gasteiger partial charge in [-0.1, -0.05) is 30.3 Å². The second-order valence-electron chi connectivity index (χ2n) is 4.84. The van der Waals surface area contributed by atoms with Crippen molar-refractivity contribution in [1.29, 1.82) is 0 Å². The van der Waals surface area contributed by atoms with Crippen molar-refractivity contribution in [2.75, 3.05) is 20.0 Å². The summed E-state index contributed by atoms with van der Waals surface area (Å²) in [5, 5.41) is 2.92. The van der Waals surface area contributed by atoms with Gasteiger partial charge in [0, 0.05) is 29.2 Å². The third-order valence-corrected chi connectivity index (χ3v) is 4.32. The largest absolute Gasteiger partial charge is 0.493 e. The molecule has 4 nitrogen and oxygen atoms in total. The second-order valence-corrected chi connectivity index (χ2v) is 6.01. The Morgan fingerprint density at radius 2 is 1.83 bits per heavy atom. The molecular formula is C18H21NO3S. The highest BCUT2D eigenvalue weighted by Gasteiger charge is 2.10. The standard InChI is InChI=1S/C18H21NO3S/c1-21-16-10-6-7-14(18(16)22-2)13-19-17(20)11-12-23-15-8-4-3-5-9-15/h3-10H,11-13H2,1-2H3,(H,19,20). The topological polar surface area (TPSA) is 47.6 Å². The monoisotopic (exact) mass is 331 g/mol. The molecule has 0 atom stereocenters. The maximum atomic E-state index is 12.0. The Kier molecular flexibility index (Phi) is 6.81. The fourth-order valence-corrected chi connectivity index (χ4v) is 3.03. The van der Waals surface area contributed by atoms with Gasteiger partial charge in [0.05, 0.1) is 14.2 Å². The summed E-state index contributed by atoms with van der Waals surface area (Å²) in [7, 11) is 3.20. The van der Waals surface area contributed by atoms with E-state index in [1.165, 1.54) is 4.90 Å². The van der Waals surface area contributed by atoms with Gasteiger partial charge in [-0.25, -0.2) is 0 Å². The number of carbonyl (C=O) groups excluding carboxylic acids is 1. The number of carbonyl (C=O) groups is 1. The maximum Gasteiger partial charge on any atom is 0.221 e. The van der Waals surface area contributed by atoms with Gasteiger partial charge in [-0.05, 0) is 18.2 Å². The Balaban J connectivity index is 1.80. The molecule has 5 heteroatoms. The minimum absolute atomic E-state index is 0.0262. The van der Waals surface area contributed by atoms with Crippen molar-refractivity contribution in [3.8, 4) is 11.5 Å². The molecule has 2 aromatic carbocycles. The third-order valence-electron chi connectivity index (χ3n) is 3.30. The van der Waals surface area contributed by atoms with Crippen LogP contribution in [-0.4, -0.2) is 25.9 Å². The van der Waals surface area contributed by atoms with Crippen LogP contribution in [0.4, 0.5) is 0 Å². The number of benzene rings is 2. The Morgan fingerprint density at radius 3 is 2.52 bits per heavy atom. The molecule has 0 aromatic heterocycles. The van der Waals surface area contributed by atoms with Crippen LogP contribution in [0.15, 0.2) is 53.4 Å². The first-order chi connectivity index (χ1) is 11.2. The molecule has 0 saturated carbocycles. The summed E-state index contributed by atoms with van der Waals surface area (Å²) < 4.78 is 10.6. The molecule has 2 rings (SSSR count). The number of thioether (sulfide) groups is 1. The highest BCUT2D eigenvalue weighted by Crippen LogP contribution is 2.30. The summed E-state index contributed by atoms with van der Waals surface area (Å²) in [6, 6.07) is 15.7. The maximum absolute atomic E-state index is 12.0. The number of ether oxygens (including phenoxy) is 2. The molecule has 0 spiro atoms. The van der Waals surface area contributed by atoms with Crippen LogP contribution in [0.3, 0.4) is 0 Å². The van der Waals surface area contributed by atoms with E-state index in [9.17, 15) is 4.79 Å². The molecule has 1 amide bonds. The van der Waals surface area contributed by atoms with E-state index in [2.05, 4.69) is 5.32 Å². The lowest BCUT2D eigenvalue weighted by Crippen LogP contribution is -2.23. The van der Waals surface area contributed by atoms with Crippen LogP contribution in [0.2, 0.25) is 0 Å². The minimum Gasteiger partial charge on any atom is -0.493 e. The van der Waals surface area contributed by atoms with Gasteiger partial charge in [0.1, 0.15) is 0 Å². The summed E-state index contributed by atoms with van der Waals surface area (Å²) in [6.07, 6.45) is 0.478.